The lowest BCUT2D eigenvalue weighted by atomic mass is 10.1. The lowest BCUT2D eigenvalue weighted by molar-refractivity contribution is 0.0374. The molecule has 4 aromatic rings. The van der Waals surface area contributed by atoms with Crippen LogP contribution in [0.1, 0.15) is 16.9 Å². The van der Waals surface area contributed by atoms with Crippen LogP contribution in [0.25, 0.3) is 33.1 Å². The van der Waals surface area contributed by atoms with E-state index in [1.807, 2.05) is 48.5 Å². The first-order chi connectivity index (χ1) is 15.7. The van der Waals surface area contributed by atoms with Crippen molar-refractivity contribution >= 4 is 39.3 Å². The highest BCUT2D eigenvalue weighted by Crippen LogP contribution is 2.33. The number of para-hydroxylation sites is 1. The van der Waals surface area contributed by atoms with Crippen LogP contribution < -0.4 is 5.32 Å². The molecule has 0 radical (unpaired) electrons. The van der Waals surface area contributed by atoms with Crippen molar-refractivity contribution in [3.05, 3.63) is 65.3 Å². The standard InChI is InChI=1S/C25H25ClN4O2/c26-18-6-3-5-17(15-18)23-24-20(19-7-1-2-8-21(19)28-24)16-22(29-23)25(31)27-9-4-10-30-11-13-32-14-12-30/h1-3,5-8,15-16,28H,4,9-14H2,(H,27,31). The Balaban J connectivity index is 1.43. The second-order valence-corrected chi connectivity index (χ2v) is 8.46. The zero-order valence-electron chi connectivity index (χ0n) is 17.7. The minimum Gasteiger partial charge on any atom is -0.379 e. The molecule has 1 fully saturated rings. The summed E-state index contributed by atoms with van der Waals surface area (Å²) in [6, 6.07) is 17.5. The number of hydrogen-bond acceptors (Lipinski definition) is 4. The van der Waals surface area contributed by atoms with Crippen LogP contribution in [0.15, 0.2) is 54.6 Å². The molecule has 0 atom stereocenters. The number of carbonyl (C=O) groups is 1. The highest BCUT2D eigenvalue weighted by molar-refractivity contribution is 6.31. The molecule has 0 bridgehead atoms. The number of amides is 1. The molecule has 0 saturated carbocycles. The van der Waals surface area contributed by atoms with Gasteiger partial charge in [-0.1, -0.05) is 41.9 Å². The highest BCUT2D eigenvalue weighted by atomic mass is 35.5. The van der Waals surface area contributed by atoms with Gasteiger partial charge in [0.05, 0.1) is 24.4 Å². The molecule has 1 saturated heterocycles. The van der Waals surface area contributed by atoms with Crippen LogP contribution in [0.3, 0.4) is 0 Å². The molecule has 32 heavy (non-hydrogen) atoms. The van der Waals surface area contributed by atoms with Crippen LogP contribution in [0, 0.1) is 0 Å². The Bertz CT molecular complexity index is 1260. The minimum atomic E-state index is -0.164. The summed E-state index contributed by atoms with van der Waals surface area (Å²) in [5, 5.41) is 5.71. The average Bonchev–Trinajstić information content (AvgIpc) is 3.20. The molecule has 2 aromatic carbocycles. The number of carbonyl (C=O) groups excluding carboxylic acids is 1. The van der Waals surface area contributed by atoms with Crippen molar-refractivity contribution in [1.82, 2.24) is 20.2 Å². The summed E-state index contributed by atoms with van der Waals surface area (Å²) in [5.41, 5.74) is 3.91. The molecular formula is C25H25ClN4O2. The molecule has 0 unspecified atom stereocenters. The van der Waals surface area contributed by atoms with Gasteiger partial charge < -0.3 is 15.0 Å². The maximum atomic E-state index is 13.0. The number of nitrogens with zero attached hydrogens (tertiary/aromatic N) is 2. The number of aromatic nitrogens is 2. The Labute approximate surface area is 191 Å². The fourth-order valence-corrected chi connectivity index (χ4v) is 4.42. The van der Waals surface area contributed by atoms with Crippen molar-refractivity contribution in [2.75, 3.05) is 39.4 Å². The van der Waals surface area contributed by atoms with Crippen LogP contribution >= 0.6 is 11.6 Å². The predicted octanol–water partition coefficient (Wildman–Crippen LogP) is 4.49. The van der Waals surface area contributed by atoms with Gasteiger partial charge in [-0.25, -0.2) is 4.98 Å². The second-order valence-electron chi connectivity index (χ2n) is 8.02. The first-order valence-electron chi connectivity index (χ1n) is 10.9. The summed E-state index contributed by atoms with van der Waals surface area (Å²) in [6.07, 6.45) is 0.891. The molecule has 0 aliphatic carbocycles. The Kier molecular flexibility index (Phi) is 6.08. The van der Waals surface area contributed by atoms with E-state index >= 15 is 0 Å². The summed E-state index contributed by atoms with van der Waals surface area (Å²) in [6.45, 7) is 5.04. The van der Waals surface area contributed by atoms with Gasteiger partial charge in [-0.05, 0) is 37.2 Å². The van der Waals surface area contributed by atoms with Crippen molar-refractivity contribution in [3.63, 3.8) is 0 Å². The van der Waals surface area contributed by atoms with E-state index in [0.29, 0.717) is 17.3 Å². The number of rotatable bonds is 6. The lowest BCUT2D eigenvalue weighted by Crippen LogP contribution is -2.38. The summed E-state index contributed by atoms with van der Waals surface area (Å²) < 4.78 is 5.39. The maximum absolute atomic E-state index is 13.0. The number of ether oxygens (including phenoxy) is 1. The van der Waals surface area contributed by atoms with E-state index in [2.05, 4.69) is 21.3 Å². The number of fused-ring (bicyclic) bond motifs is 3. The predicted molar refractivity (Wildman–Crippen MR) is 128 cm³/mol. The monoisotopic (exact) mass is 448 g/mol. The summed E-state index contributed by atoms with van der Waals surface area (Å²) in [4.78, 5) is 23.6. The van der Waals surface area contributed by atoms with Crippen molar-refractivity contribution in [2.45, 2.75) is 6.42 Å². The van der Waals surface area contributed by atoms with Gasteiger partial charge in [0.15, 0.2) is 0 Å². The Hall–Kier alpha value is -2.93. The van der Waals surface area contributed by atoms with E-state index in [0.717, 1.165) is 72.3 Å². The van der Waals surface area contributed by atoms with Crippen LogP contribution in [0.2, 0.25) is 5.02 Å². The van der Waals surface area contributed by atoms with Gasteiger partial charge in [-0.15, -0.1) is 0 Å². The van der Waals surface area contributed by atoms with Crippen molar-refractivity contribution in [2.24, 2.45) is 0 Å². The van der Waals surface area contributed by atoms with Gasteiger partial charge in [-0.2, -0.15) is 0 Å². The number of benzene rings is 2. The molecular weight excluding hydrogens is 424 g/mol. The third-order valence-electron chi connectivity index (χ3n) is 5.87. The quantitative estimate of drug-likeness (QED) is 0.426. The molecule has 164 valence electrons. The van der Waals surface area contributed by atoms with Crippen LogP contribution in [-0.2, 0) is 4.74 Å². The van der Waals surface area contributed by atoms with Crippen LogP contribution in [0.4, 0.5) is 0 Å². The van der Waals surface area contributed by atoms with E-state index in [-0.39, 0.29) is 5.91 Å². The SMILES string of the molecule is O=C(NCCCN1CCOCC1)c1cc2c([nH]c3ccccc32)c(-c2cccc(Cl)c2)n1. The average molecular weight is 449 g/mol. The molecule has 2 aromatic heterocycles. The third kappa shape index (κ3) is 4.35. The van der Waals surface area contributed by atoms with E-state index in [4.69, 9.17) is 21.3 Å². The number of hydrogen-bond donors (Lipinski definition) is 2. The Morgan fingerprint density at radius 3 is 2.78 bits per heavy atom. The minimum absolute atomic E-state index is 0.164. The summed E-state index contributed by atoms with van der Waals surface area (Å²) in [7, 11) is 0. The third-order valence-corrected chi connectivity index (χ3v) is 6.10. The molecule has 6 nitrogen and oxygen atoms in total. The van der Waals surface area contributed by atoms with Gasteiger partial charge in [0.1, 0.15) is 5.69 Å². The molecule has 3 heterocycles. The second kappa shape index (κ2) is 9.28. The van der Waals surface area contributed by atoms with E-state index in [1.165, 1.54) is 0 Å². The molecule has 0 spiro atoms. The smallest absolute Gasteiger partial charge is 0.269 e. The highest BCUT2D eigenvalue weighted by Gasteiger charge is 2.17. The van der Waals surface area contributed by atoms with E-state index < -0.39 is 0 Å². The maximum Gasteiger partial charge on any atom is 0.269 e. The normalized spacial score (nSPS) is 14.8. The van der Waals surface area contributed by atoms with Crippen molar-refractivity contribution < 1.29 is 9.53 Å². The number of nitrogens with one attached hydrogen (secondary N) is 2. The van der Waals surface area contributed by atoms with E-state index in [1.54, 1.807) is 0 Å². The molecule has 2 N–H and O–H groups in total. The first-order valence-corrected chi connectivity index (χ1v) is 11.3. The molecule has 5 rings (SSSR count). The number of morpholine rings is 1. The van der Waals surface area contributed by atoms with E-state index in [9.17, 15) is 4.79 Å². The molecule has 1 aliphatic rings. The first kappa shape index (κ1) is 20.9. The van der Waals surface area contributed by atoms with Crippen LogP contribution in [0.5, 0.6) is 0 Å². The zero-order valence-corrected chi connectivity index (χ0v) is 18.5. The molecule has 7 heteroatoms. The fourth-order valence-electron chi connectivity index (χ4n) is 4.23. The van der Waals surface area contributed by atoms with Crippen molar-refractivity contribution in [3.8, 4) is 11.3 Å². The lowest BCUT2D eigenvalue weighted by Gasteiger charge is -2.26. The summed E-state index contributed by atoms with van der Waals surface area (Å²) >= 11 is 6.25. The van der Waals surface area contributed by atoms with Gasteiger partial charge >= 0.3 is 0 Å². The number of H-pyrrole nitrogens is 1. The number of aromatic amines is 1. The van der Waals surface area contributed by atoms with Crippen LogP contribution in [-0.4, -0.2) is 60.2 Å². The van der Waals surface area contributed by atoms with Crippen molar-refractivity contribution in [1.29, 1.82) is 0 Å². The summed E-state index contributed by atoms with van der Waals surface area (Å²) in [5.74, 6) is -0.164. The number of halogens is 1. The Morgan fingerprint density at radius 2 is 1.94 bits per heavy atom. The molecule has 1 amide bonds. The number of pyridine rings is 1. The van der Waals surface area contributed by atoms with Gasteiger partial charge in [0, 0.05) is 46.5 Å². The molecule has 1 aliphatic heterocycles. The Morgan fingerprint density at radius 1 is 1.09 bits per heavy atom. The van der Waals surface area contributed by atoms with Gasteiger partial charge in [0.25, 0.3) is 5.91 Å². The van der Waals surface area contributed by atoms with Gasteiger partial charge in [0.2, 0.25) is 0 Å². The largest absolute Gasteiger partial charge is 0.379 e. The fraction of sp³-hybridized carbons (Fsp3) is 0.280. The van der Waals surface area contributed by atoms with Gasteiger partial charge in [-0.3, -0.25) is 9.69 Å². The zero-order chi connectivity index (χ0) is 21.9. The topological polar surface area (TPSA) is 70.2 Å².